The fourth-order valence-corrected chi connectivity index (χ4v) is 2.30. The van der Waals surface area contributed by atoms with Crippen LogP contribution in [-0.4, -0.2) is 14.6 Å². The second-order valence-corrected chi connectivity index (χ2v) is 5.02. The number of aryl methyl sites for hydroxylation is 1. The Labute approximate surface area is 122 Å². The molecule has 1 N–H and O–H groups in total. The zero-order valence-electron chi connectivity index (χ0n) is 11.2. The van der Waals surface area contributed by atoms with Gasteiger partial charge in [-0.1, -0.05) is 24.3 Å². The molecule has 0 aliphatic rings. The van der Waals surface area contributed by atoms with E-state index in [9.17, 15) is 0 Å². The second-order valence-electron chi connectivity index (χ2n) is 4.75. The molecule has 5 heteroatoms. The molecule has 0 radical (unpaired) electrons. The number of fused-ring (bicyclic) bond motifs is 1. The number of hydrogen-bond acceptors (Lipinski definition) is 3. The van der Waals surface area contributed by atoms with E-state index in [0.29, 0.717) is 5.88 Å². The molecule has 2 aromatic heterocycles. The number of nitrogens with zero attached hydrogens (tertiary/aromatic N) is 3. The first-order chi connectivity index (χ1) is 9.76. The van der Waals surface area contributed by atoms with Crippen molar-refractivity contribution in [1.29, 1.82) is 0 Å². The number of benzene rings is 1. The van der Waals surface area contributed by atoms with Gasteiger partial charge in [-0.2, -0.15) is 9.61 Å². The molecule has 0 saturated heterocycles. The Kier molecular flexibility index (Phi) is 3.56. The Bertz CT molecular complexity index is 718. The molecule has 20 heavy (non-hydrogen) atoms. The van der Waals surface area contributed by atoms with Gasteiger partial charge < -0.3 is 5.32 Å². The average molecular weight is 287 g/mol. The van der Waals surface area contributed by atoms with Crippen LogP contribution in [0.3, 0.4) is 0 Å². The Morgan fingerprint density at radius 1 is 1.15 bits per heavy atom. The topological polar surface area (TPSA) is 42.2 Å². The van der Waals surface area contributed by atoms with Gasteiger partial charge in [0.05, 0.1) is 0 Å². The zero-order valence-corrected chi connectivity index (χ0v) is 11.9. The normalized spacial score (nSPS) is 10.9. The predicted octanol–water partition coefficient (Wildman–Crippen LogP) is 3.39. The number of anilines is 1. The smallest absolute Gasteiger partial charge is 0.157 e. The summed E-state index contributed by atoms with van der Waals surface area (Å²) >= 11 is 5.79. The van der Waals surface area contributed by atoms with Gasteiger partial charge in [-0.15, -0.1) is 11.6 Å². The van der Waals surface area contributed by atoms with Crippen molar-refractivity contribution in [3.8, 4) is 0 Å². The molecule has 0 saturated carbocycles. The molecule has 102 valence electrons. The lowest BCUT2D eigenvalue weighted by Gasteiger charge is -2.09. The van der Waals surface area contributed by atoms with Crippen LogP contribution in [0, 0.1) is 6.92 Å². The molecule has 0 aliphatic carbocycles. The minimum absolute atomic E-state index is 0.547. The van der Waals surface area contributed by atoms with Crippen LogP contribution < -0.4 is 5.32 Å². The van der Waals surface area contributed by atoms with E-state index < -0.39 is 0 Å². The third-order valence-corrected chi connectivity index (χ3v) is 3.48. The van der Waals surface area contributed by atoms with Gasteiger partial charge in [-0.3, -0.25) is 0 Å². The summed E-state index contributed by atoms with van der Waals surface area (Å²) in [5.41, 5.74) is 4.34. The summed E-state index contributed by atoms with van der Waals surface area (Å²) in [6, 6.07) is 12.3. The van der Waals surface area contributed by atoms with Crippen LogP contribution in [0.25, 0.3) is 5.65 Å². The van der Waals surface area contributed by atoms with Gasteiger partial charge in [0.25, 0.3) is 0 Å². The number of rotatable bonds is 4. The molecular weight excluding hydrogens is 272 g/mol. The second kappa shape index (κ2) is 5.51. The van der Waals surface area contributed by atoms with Crippen molar-refractivity contribution in [2.75, 3.05) is 5.32 Å². The maximum absolute atomic E-state index is 5.79. The van der Waals surface area contributed by atoms with E-state index in [1.807, 2.05) is 18.2 Å². The van der Waals surface area contributed by atoms with E-state index in [-0.39, 0.29) is 0 Å². The molecule has 0 fully saturated rings. The van der Waals surface area contributed by atoms with Gasteiger partial charge in [0.15, 0.2) is 5.65 Å². The van der Waals surface area contributed by atoms with Crippen LogP contribution in [0.15, 0.2) is 42.7 Å². The maximum atomic E-state index is 5.79. The van der Waals surface area contributed by atoms with Gasteiger partial charge in [-0.25, -0.2) is 4.98 Å². The lowest BCUT2D eigenvalue weighted by atomic mass is 10.1. The lowest BCUT2D eigenvalue weighted by molar-refractivity contribution is 0.940. The lowest BCUT2D eigenvalue weighted by Crippen LogP contribution is -2.05. The molecule has 2 heterocycles. The first-order valence-electron chi connectivity index (χ1n) is 6.44. The zero-order chi connectivity index (χ0) is 13.9. The number of nitrogens with one attached hydrogen (secondary N) is 1. The van der Waals surface area contributed by atoms with Crippen molar-refractivity contribution in [2.45, 2.75) is 19.3 Å². The van der Waals surface area contributed by atoms with Crippen molar-refractivity contribution in [3.63, 3.8) is 0 Å². The maximum Gasteiger partial charge on any atom is 0.157 e. The highest BCUT2D eigenvalue weighted by atomic mass is 35.5. The minimum Gasteiger partial charge on any atom is -0.366 e. The molecule has 0 spiro atoms. The Balaban J connectivity index is 1.80. The molecule has 0 amide bonds. The van der Waals surface area contributed by atoms with Crippen LogP contribution >= 0.6 is 11.6 Å². The van der Waals surface area contributed by atoms with E-state index in [2.05, 4.69) is 40.5 Å². The molecule has 3 aromatic rings. The molecule has 0 atom stereocenters. The summed E-state index contributed by atoms with van der Waals surface area (Å²) in [5.74, 6) is 1.49. The summed E-state index contributed by atoms with van der Waals surface area (Å²) in [6.45, 7) is 2.79. The van der Waals surface area contributed by atoms with Gasteiger partial charge >= 0.3 is 0 Å². The molecule has 1 aromatic carbocycles. The predicted molar refractivity (Wildman–Crippen MR) is 81.0 cm³/mol. The van der Waals surface area contributed by atoms with E-state index in [1.165, 1.54) is 5.56 Å². The number of pyridine rings is 1. The van der Waals surface area contributed by atoms with E-state index >= 15 is 0 Å². The molecule has 0 aliphatic heterocycles. The molecule has 3 rings (SSSR count). The Morgan fingerprint density at radius 3 is 2.65 bits per heavy atom. The molecule has 0 unspecified atom stereocenters. The molecule has 0 bridgehead atoms. The Hall–Kier alpha value is -2.07. The summed E-state index contributed by atoms with van der Waals surface area (Å²) in [7, 11) is 0. The number of halogens is 1. The monoisotopic (exact) mass is 286 g/mol. The molecule has 4 nitrogen and oxygen atoms in total. The van der Waals surface area contributed by atoms with E-state index in [1.54, 1.807) is 10.8 Å². The largest absolute Gasteiger partial charge is 0.366 e. The molecular formula is C15H15ClN4. The highest BCUT2D eigenvalue weighted by molar-refractivity contribution is 6.17. The van der Waals surface area contributed by atoms with Crippen molar-refractivity contribution < 1.29 is 0 Å². The van der Waals surface area contributed by atoms with Crippen LogP contribution in [0.5, 0.6) is 0 Å². The Morgan fingerprint density at radius 2 is 1.90 bits per heavy atom. The van der Waals surface area contributed by atoms with E-state index in [4.69, 9.17) is 11.6 Å². The summed E-state index contributed by atoms with van der Waals surface area (Å²) in [4.78, 5) is 4.22. The van der Waals surface area contributed by atoms with Crippen LogP contribution in [-0.2, 0) is 12.4 Å². The summed E-state index contributed by atoms with van der Waals surface area (Å²) in [5, 5.41) is 7.62. The van der Waals surface area contributed by atoms with Crippen LogP contribution in [0.2, 0.25) is 0 Å². The first-order valence-corrected chi connectivity index (χ1v) is 6.98. The van der Waals surface area contributed by atoms with Gasteiger partial charge in [0.1, 0.15) is 12.1 Å². The van der Waals surface area contributed by atoms with Crippen molar-refractivity contribution in [2.24, 2.45) is 0 Å². The summed E-state index contributed by atoms with van der Waals surface area (Å²) < 4.78 is 1.81. The third kappa shape index (κ3) is 2.60. The summed E-state index contributed by atoms with van der Waals surface area (Å²) in [6.07, 6.45) is 1.56. The first kappa shape index (κ1) is 12.9. The standard InChI is InChI=1S/C15H15ClN4/c1-11-6-14(20-15(7-11)18-10-19-20)17-9-13-4-2-12(8-16)3-5-13/h2-7,10,17H,8-9H2,1H3. The van der Waals surface area contributed by atoms with Crippen molar-refractivity contribution in [3.05, 3.63) is 59.4 Å². The number of hydrogen-bond donors (Lipinski definition) is 1. The minimum atomic E-state index is 0.547. The quantitative estimate of drug-likeness (QED) is 0.748. The highest BCUT2D eigenvalue weighted by Crippen LogP contribution is 2.15. The van der Waals surface area contributed by atoms with Crippen molar-refractivity contribution in [1.82, 2.24) is 14.6 Å². The number of alkyl halides is 1. The van der Waals surface area contributed by atoms with Crippen LogP contribution in [0.4, 0.5) is 5.82 Å². The van der Waals surface area contributed by atoms with Gasteiger partial charge in [-0.05, 0) is 35.7 Å². The average Bonchev–Trinajstić information content (AvgIpc) is 2.93. The number of aromatic nitrogens is 3. The fourth-order valence-electron chi connectivity index (χ4n) is 2.12. The van der Waals surface area contributed by atoms with Gasteiger partial charge in [0.2, 0.25) is 0 Å². The van der Waals surface area contributed by atoms with Crippen molar-refractivity contribution >= 4 is 23.1 Å². The van der Waals surface area contributed by atoms with Crippen LogP contribution in [0.1, 0.15) is 16.7 Å². The van der Waals surface area contributed by atoms with E-state index in [0.717, 1.165) is 29.1 Å². The highest BCUT2D eigenvalue weighted by Gasteiger charge is 2.03. The third-order valence-electron chi connectivity index (χ3n) is 3.17. The van der Waals surface area contributed by atoms with Gasteiger partial charge in [0, 0.05) is 12.4 Å². The SMILES string of the molecule is Cc1cc(NCc2ccc(CCl)cc2)n2ncnc2c1. The fraction of sp³-hybridized carbons (Fsp3) is 0.200.